The Balaban J connectivity index is 1.05. The van der Waals surface area contributed by atoms with Gasteiger partial charge in [0.25, 0.3) is 5.91 Å². The third-order valence-corrected chi connectivity index (χ3v) is 10.5. The number of fused-ring (bicyclic) bond motifs is 1. The number of aryl methyl sites for hydroxylation is 2. The predicted octanol–water partition coefficient (Wildman–Crippen LogP) is 4.75. The molecule has 16 heteroatoms. The number of hydrogen-bond acceptors (Lipinski definition) is 10. The SMILES string of the molecule is COc1nc(-c2ccnc(-c3cccc(NC(=O)c4nc5c(n4C)CCN(CCn4nc(C)nc4C)C5)c3Cl)c2Cl)ccc1CNCC1CCC(=O)N1. The highest BCUT2D eigenvalue weighted by Gasteiger charge is 2.27. The zero-order chi connectivity index (χ0) is 37.2. The number of amides is 2. The number of nitrogens with zero attached hydrogens (tertiary/aromatic N) is 8. The van der Waals surface area contributed by atoms with Crippen molar-refractivity contribution >= 4 is 40.7 Å². The van der Waals surface area contributed by atoms with E-state index in [1.807, 2.05) is 48.3 Å². The molecule has 53 heavy (non-hydrogen) atoms. The maximum atomic E-state index is 13.7. The Morgan fingerprint density at radius 3 is 2.64 bits per heavy atom. The molecule has 4 aromatic heterocycles. The topological polar surface area (TPSA) is 157 Å². The minimum Gasteiger partial charge on any atom is -0.481 e. The van der Waals surface area contributed by atoms with Crippen LogP contribution in [0.25, 0.3) is 22.5 Å². The van der Waals surface area contributed by atoms with Crippen LogP contribution in [0.2, 0.25) is 10.0 Å². The summed E-state index contributed by atoms with van der Waals surface area (Å²) in [5.41, 5.74) is 5.45. The first-order chi connectivity index (χ1) is 25.6. The number of anilines is 1. The third kappa shape index (κ3) is 7.77. The van der Waals surface area contributed by atoms with Gasteiger partial charge in [-0.2, -0.15) is 5.10 Å². The fourth-order valence-corrected chi connectivity index (χ4v) is 7.52. The summed E-state index contributed by atoms with van der Waals surface area (Å²) in [6.45, 7) is 8.06. The Morgan fingerprint density at radius 1 is 1.04 bits per heavy atom. The van der Waals surface area contributed by atoms with Crippen molar-refractivity contribution in [2.24, 2.45) is 7.05 Å². The first kappa shape index (κ1) is 36.5. The van der Waals surface area contributed by atoms with Gasteiger partial charge in [0.15, 0.2) is 5.82 Å². The lowest BCUT2D eigenvalue weighted by Crippen LogP contribution is -2.35. The Kier molecular flexibility index (Phi) is 10.7. The summed E-state index contributed by atoms with van der Waals surface area (Å²) in [6, 6.07) is 11.1. The molecule has 6 heterocycles. The molecule has 7 rings (SSSR count). The molecule has 1 saturated heterocycles. The molecule has 1 fully saturated rings. The highest BCUT2D eigenvalue weighted by atomic mass is 35.5. The first-order valence-corrected chi connectivity index (χ1v) is 18.3. The maximum Gasteiger partial charge on any atom is 0.291 e. The van der Waals surface area contributed by atoms with Crippen LogP contribution in [0.4, 0.5) is 5.69 Å². The Bertz CT molecular complexity index is 2180. The fourth-order valence-electron chi connectivity index (χ4n) is 6.95. The molecule has 1 unspecified atom stereocenters. The van der Waals surface area contributed by atoms with E-state index in [0.717, 1.165) is 61.1 Å². The number of aromatic nitrogens is 7. The van der Waals surface area contributed by atoms with Crippen molar-refractivity contribution in [3.05, 3.63) is 87.1 Å². The molecule has 14 nitrogen and oxygen atoms in total. The number of nitrogens with one attached hydrogen (secondary N) is 3. The van der Waals surface area contributed by atoms with E-state index < -0.39 is 0 Å². The van der Waals surface area contributed by atoms with Crippen LogP contribution in [0, 0.1) is 13.8 Å². The largest absolute Gasteiger partial charge is 0.481 e. The predicted molar refractivity (Wildman–Crippen MR) is 202 cm³/mol. The van der Waals surface area contributed by atoms with Crippen molar-refractivity contribution in [3.8, 4) is 28.4 Å². The Labute approximate surface area is 317 Å². The average Bonchev–Trinajstić information content (AvgIpc) is 3.82. The number of halogens is 2. The lowest BCUT2D eigenvalue weighted by molar-refractivity contribution is -0.119. The number of carbonyl (C=O) groups excluding carboxylic acids is 2. The van der Waals surface area contributed by atoms with Crippen LogP contribution >= 0.6 is 23.2 Å². The fraction of sp³-hybridized carbons (Fsp3) is 0.378. The summed E-state index contributed by atoms with van der Waals surface area (Å²) >= 11 is 14.0. The number of imidazole rings is 1. The van der Waals surface area contributed by atoms with Gasteiger partial charge in [0.2, 0.25) is 11.8 Å². The number of hydrogen-bond donors (Lipinski definition) is 3. The monoisotopic (exact) mass is 757 g/mol. The molecular formula is C37H41Cl2N11O3. The molecular weight excluding hydrogens is 717 g/mol. The lowest BCUT2D eigenvalue weighted by atomic mass is 10.1. The van der Waals surface area contributed by atoms with Gasteiger partial charge in [-0.15, -0.1) is 0 Å². The second-order valence-electron chi connectivity index (χ2n) is 13.3. The van der Waals surface area contributed by atoms with Crippen LogP contribution in [0.5, 0.6) is 5.88 Å². The van der Waals surface area contributed by atoms with Crippen LogP contribution in [0.3, 0.4) is 0 Å². The van der Waals surface area contributed by atoms with Crippen LogP contribution in [-0.4, -0.2) is 83.8 Å². The molecule has 0 bridgehead atoms. The van der Waals surface area contributed by atoms with Gasteiger partial charge in [-0.1, -0.05) is 41.4 Å². The number of carbonyl (C=O) groups is 2. The van der Waals surface area contributed by atoms with E-state index in [4.69, 9.17) is 37.9 Å². The van der Waals surface area contributed by atoms with E-state index in [2.05, 4.69) is 35.9 Å². The number of rotatable bonds is 12. The molecule has 1 atom stereocenters. The van der Waals surface area contributed by atoms with Gasteiger partial charge >= 0.3 is 0 Å². The van der Waals surface area contributed by atoms with E-state index in [9.17, 15) is 9.59 Å². The molecule has 1 aromatic carbocycles. The quantitative estimate of drug-likeness (QED) is 0.162. The third-order valence-electron chi connectivity index (χ3n) is 9.72. The summed E-state index contributed by atoms with van der Waals surface area (Å²) in [7, 11) is 3.44. The minimum atomic E-state index is -0.368. The summed E-state index contributed by atoms with van der Waals surface area (Å²) < 4.78 is 9.42. The van der Waals surface area contributed by atoms with Crippen molar-refractivity contribution in [2.75, 3.05) is 32.1 Å². The Hall–Kier alpha value is -4.89. The van der Waals surface area contributed by atoms with Crippen molar-refractivity contribution in [2.45, 2.75) is 58.8 Å². The van der Waals surface area contributed by atoms with Crippen LogP contribution < -0.4 is 20.7 Å². The highest BCUT2D eigenvalue weighted by molar-refractivity contribution is 6.39. The molecule has 5 aromatic rings. The van der Waals surface area contributed by atoms with Crippen molar-refractivity contribution in [1.29, 1.82) is 0 Å². The summed E-state index contributed by atoms with van der Waals surface area (Å²) in [5, 5.41) is 14.4. The molecule has 2 amide bonds. The van der Waals surface area contributed by atoms with Crippen molar-refractivity contribution < 1.29 is 14.3 Å². The van der Waals surface area contributed by atoms with Crippen LogP contribution in [-0.2, 0) is 37.9 Å². The second-order valence-corrected chi connectivity index (χ2v) is 14.0. The highest BCUT2D eigenvalue weighted by Crippen LogP contribution is 2.40. The zero-order valence-electron chi connectivity index (χ0n) is 30.0. The first-order valence-electron chi connectivity index (χ1n) is 17.5. The van der Waals surface area contributed by atoms with Crippen LogP contribution in [0.1, 0.15) is 52.1 Å². The van der Waals surface area contributed by atoms with Crippen LogP contribution in [0.15, 0.2) is 42.6 Å². The molecule has 0 aliphatic carbocycles. The number of methoxy groups -OCH3 is 1. The molecule has 276 valence electrons. The normalized spacial score (nSPS) is 15.7. The van der Waals surface area contributed by atoms with E-state index >= 15 is 0 Å². The summed E-state index contributed by atoms with van der Waals surface area (Å²) in [4.78, 5) is 46.0. The average molecular weight is 759 g/mol. The molecule has 0 spiro atoms. The zero-order valence-corrected chi connectivity index (χ0v) is 31.6. The van der Waals surface area contributed by atoms with E-state index in [0.29, 0.717) is 76.0 Å². The molecule has 2 aliphatic heterocycles. The van der Waals surface area contributed by atoms with Crippen molar-refractivity contribution in [3.63, 3.8) is 0 Å². The van der Waals surface area contributed by atoms with Gasteiger partial charge in [-0.05, 0) is 38.5 Å². The number of ether oxygens (including phenoxy) is 1. The second kappa shape index (κ2) is 15.6. The Morgan fingerprint density at radius 2 is 1.89 bits per heavy atom. The standard InChI is InChI=1S/C37H41Cl2N11O3/c1-21-42-22(2)50(47-21)17-16-49-15-13-30-29(20-49)44-35(48(30)3)36(52)45-28-7-5-6-26(32(28)38)34-33(39)25(12-14-41-34)27-10-8-23(37(46-27)53-4)18-40-19-24-9-11-31(51)43-24/h5-8,10,12,14,24,40H,9,11,13,15-20H2,1-4H3,(H,43,51)(H,45,52). The van der Waals surface area contributed by atoms with Crippen molar-refractivity contribution in [1.82, 2.24) is 49.8 Å². The maximum absolute atomic E-state index is 13.7. The molecule has 0 radical (unpaired) electrons. The molecule has 0 saturated carbocycles. The number of pyridine rings is 2. The van der Waals surface area contributed by atoms with Gasteiger partial charge in [0, 0.05) is 87.2 Å². The summed E-state index contributed by atoms with van der Waals surface area (Å²) in [6.07, 6.45) is 3.80. The van der Waals surface area contributed by atoms with Gasteiger partial charge in [-0.25, -0.2) is 19.6 Å². The van der Waals surface area contributed by atoms with E-state index in [1.54, 1.807) is 31.5 Å². The van der Waals surface area contributed by atoms with E-state index in [1.165, 1.54) is 0 Å². The summed E-state index contributed by atoms with van der Waals surface area (Å²) in [5.74, 6) is 2.15. The lowest BCUT2D eigenvalue weighted by Gasteiger charge is -2.26. The smallest absolute Gasteiger partial charge is 0.291 e. The van der Waals surface area contributed by atoms with Gasteiger partial charge in [0.1, 0.15) is 11.6 Å². The number of benzene rings is 1. The minimum absolute atomic E-state index is 0.0866. The van der Waals surface area contributed by atoms with E-state index in [-0.39, 0.29) is 17.9 Å². The van der Waals surface area contributed by atoms with Gasteiger partial charge in [0.05, 0.1) is 46.5 Å². The molecule has 3 N–H and O–H groups in total. The van der Waals surface area contributed by atoms with Gasteiger partial charge < -0.3 is 25.3 Å². The molecule has 2 aliphatic rings. The van der Waals surface area contributed by atoms with Gasteiger partial charge in [-0.3, -0.25) is 19.5 Å².